The van der Waals surface area contributed by atoms with Gasteiger partial charge in [0.25, 0.3) is 0 Å². The highest BCUT2D eigenvalue weighted by atomic mass is 16.6. The van der Waals surface area contributed by atoms with Gasteiger partial charge in [-0.3, -0.25) is 19.8 Å². The molecule has 3 saturated heterocycles. The third-order valence-corrected chi connectivity index (χ3v) is 6.96. The molecule has 4 rings (SSSR count). The second-order valence-electron chi connectivity index (χ2n) is 10.7. The molecule has 3 aliphatic rings. The summed E-state index contributed by atoms with van der Waals surface area (Å²) in [7, 11) is 0. The Morgan fingerprint density at radius 3 is 2.38 bits per heavy atom. The fourth-order valence-corrected chi connectivity index (χ4v) is 5.01. The number of nitrogens with one attached hydrogen (secondary N) is 1. The van der Waals surface area contributed by atoms with Gasteiger partial charge in [-0.05, 0) is 63.6 Å². The molecule has 3 fully saturated rings. The minimum atomic E-state index is -0.466. The van der Waals surface area contributed by atoms with Gasteiger partial charge in [0.2, 0.25) is 11.8 Å². The number of ether oxygens (including phenoxy) is 1. The largest absolute Gasteiger partial charge is 0.444 e. The van der Waals surface area contributed by atoms with Crippen molar-refractivity contribution in [2.75, 3.05) is 50.7 Å². The number of piperazine rings is 1. The molecule has 3 aliphatic heterocycles. The zero-order valence-electron chi connectivity index (χ0n) is 21.6. The third kappa shape index (κ3) is 6.29. The summed E-state index contributed by atoms with van der Waals surface area (Å²) in [5, 5.41) is 2.40. The molecule has 0 aromatic heterocycles. The monoisotopic (exact) mass is 471 g/mol. The van der Waals surface area contributed by atoms with Crippen LogP contribution >= 0.6 is 0 Å². The highest BCUT2D eigenvalue weighted by Gasteiger charge is 2.29. The minimum absolute atomic E-state index is 0.221. The molecule has 3 amide bonds. The van der Waals surface area contributed by atoms with E-state index in [-0.39, 0.29) is 23.8 Å². The van der Waals surface area contributed by atoms with Crippen LogP contribution in [0.4, 0.5) is 10.5 Å². The maximum atomic E-state index is 12.3. The number of imide groups is 1. The van der Waals surface area contributed by atoms with Crippen LogP contribution < -0.4 is 10.2 Å². The number of piperidine rings is 2. The van der Waals surface area contributed by atoms with Gasteiger partial charge in [0.15, 0.2) is 0 Å². The fourth-order valence-electron chi connectivity index (χ4n) is 5.01. The van der Waals surface area contributed by atoms with Crippen LogP contribution in [0.1, 0.15) is 59.3 Å². The Balaban J connectivity index is 1.24. The number of hydrogen-bond acceptors (Lipinski definition) is 6. The molecule has 1 N–H and O–H groups in total. The summed E-state index contributed by atoms with van der Waals surface area (Å²) >= 11 is 0. The first-order valence-electron chi connectivity index (χ1n) is 13.0. The molecule has 34 heavy (non-hydrogen) atoms. The molecular formula is C26H38N4O4. The first-order valence-corrected chi connectivity index (χ1v) is 12.5. The van der Waals surface area contributed by atoms with Crippen molar-refractivity contribution in [1.82, 2.24) is 15.1 Å². The Morgan fingerprint density at radius 2 is 1.76 bits per heavy atom. The van der Waals surface area contributed by atoms with Crippen molar-refractivity contribution in [2.45, 2.75) is 58.0 Å². The van der Waals surface area contributed by atoms with Crippen LogP contribution in [0.3, 0.4) is 0 Å². The zero-order chi connectivity index (χ0) is 25.2. The van der Waals surface area contributed by atoms with Gasteiger partial charge in [-0.1, -0.05) is 12.1 Å². The summed E-state index contributed by atoms with van der Waals surface area (Å²) in [6.07, 6.45) is 2.76. The highest BCUT2D eigenvalue weighted by Crippen LogP contribution is 2.29. The number of rotatable bonds is 4. The summed E-state index contributed by atoms with van der Waals surface area (Å²) < 4.78 is 14.0. The predicted molar refractivity (Wildman–Crippen MR) is 131 cm³/mol. The summed E-state index contributed by atoms with van der Waals surface area (Å²) in [5.74, 6) is -0.230. The molecule has 1 aromatic rings. The molecule has 0 aliphatic carbocycles. The van der Waals surface area contributed by atoms with Gasteiger partial charge in [0.05, 0.1) is 7.29 Å². The Hall–Kier alpha value is -2.61. The van der Waals surface area contributed by atoms with E-state index in [0.717, 1.165) is 56.8 Å². The van der Waals surface area contributed by atoms with E-state index in [9.17, 15) is 14.4 Å². The second-order valence-corrected chi connectivity index (χ2v) is 10.7. The molecule has 0 radical (unpaired) electrons. The van der Waals surface area contributed by atoms with Crippen molar-refractivity contribution in [3.05, 3.63) is 29.8 Å². The minimum Gasteiger partial charge on any atom is -0.444 e. The first kappa shape index (κ1) is 23.1. The number of carbonyl (C=O) groups is 3. The Morgan fingerprint density at radius 1 is 1.06 bits per heavy atom. The van der Waals surface area contributed by atoms with Crippen molar-refractivity contribution >= 4 is 23.6 Å². The van der Waals surface area contributed by atoms with Crippen LogP contribution in [0.25, 0.3) is 0 Å². The van der Waals surface area contributed by atoms with Gasteiger partial charge < -0.3 is 14.5 Å². The van der Waals surface area contributed by atoms with E-state index >= 15 is 0 Å². The molecule has 186 valence electrons. The SMILES string of the molecule is [2H]c1cc(C2CCC(=O)NC2=O)ccc1N1CCC(CN2CCN(C(=O)OC(C)(C)C)CC2)CC1. The van der Waals surface area contributed by atoms with Crippen molar-refractivity contribution in [2.24, 2.45) is 5.92 Å². The van der Waals surface area contributed by atoms with Gasteiger partial charge >= 0.3 is 6.09 Å². The summed E-state index contributed by atoms with van der Waals surface area (Å²) in [5.41, 5.74) is 1.25. The van der Waals surface area contributed by atoms with Crippen LogP contribution in [0.5, 0.6) is 0 Å². The van der Waals surface area contributed by atoms with E-state index in [4.69, 9.17) is 6.11 Å². The summed E-state index contributed by atoms with van der Waals surface area (Å²) in [4.78, 5) is 42.4. The van der Waals surface area contributed by atoms with E-state index in [2.05, 4.69) is 15.1 Å². The number of carbonyl (C=O) groups excluding carboxylic acids is 3. The number of anilines is 1. The van der Waals surface area contributed by atoms with Crippen molar-refractivity contribution in [1.29, 1.82) is 0 Å². The first-order chi connectivity index (χ1) is 16.6. The number of hydrogen-bond donors (Lipinski definition) is 1. The normalized spacial score (nSPS) is 23.5. The average Bonchev–Trinajstić information content (AvgIpc) is 2.79. The zero-order valence-corrected chi connectivity index (χ0v) is 20.6. The van der Waals surface area contributed by atoms with Crippen LogP contribution in [0.15, 0.2) is 24.2 Å². The van der Waals surface area contributed by atoms with Crippen molar-refractivity contribution < 1.29 is 20.5 Å². The summed E-state index contributed by atoms with van der Waals surface area (Å²) in [6, 6.07) is 6.11. The standard InChI is InChI=1S/C26H38N4O4/c1-26(2,3)34-25(33)30-16-14-28(15-17-30)18-19-10-12-29(13-11-19)21-6-4-20(5-7-21)22-8-9-23(31)27-24(22)32/h4-7,19,22H,8-18H2,1-3H3,(H,27,31,32)/i6D. The molecule has 3 heterocycles. The van der Waals surface area contributed by atoms with Crippen molar-refractivity contribution in [3.63, 3.8) is 0 Å². The third-order valence-electron chi connectivity index (χ3n) is 6.96. The highest BCUT2D eigenvalue weighted by molar-refractivity contribution is 6.00. The molecule has 1 atom stereocenters. The molecule has 8 heteroatoms. The topological polar surface area (TPSA) is 82.2 Å². The maximum Gasteiger partial charge on any atom is 0.410 e. The summed E-state index contributed by atoms with van der Waals surface area (Å²) in [6.45, 7) is 11.7. The van der Waals surface area contributed by atoms with Gasteiger partial charge in [0.1, 0.15) is 5.60 Å². The number of benzene rings is 1. The van der Waals surface area contributed by atoms with Gasteiger partial charge in [0, 0.05) is 57.9 Å². The molecular weight excluding hydrogens is 432 g/mol. The second kappa shape index (κ2) is 10.3. The van der Waals surface area contributed by atoms with Crippen LogP contribution in [0, 0.1) is 5.92 Å². The molecule has 0 spiro atoms. The lowest BCUT2D eigenvalue weighted by molar-refractivity contribution is -0.134. The van der Waals surface area contributed by atoms with E-state index in [1.165, 1.54) is 0 Å². The van der Waals surface area contributed by atoms with Gasteiger partial charge in [-0.15, -0.1) is 0 Å². The lowest BCUT2D eigenvalue weighted by Crippen LogP contribution is -2.51. The predicted octanol–water partition coefficient (Wildman–Crippen LogP) is 2.98. The Kier molecular flexibility index (Phi) is 7.04. The smallest absolute Gasteiger partial charge is 0.410 e. The number of amides is 3. The van der Waals surface area contributed by atoms with Crippen LogP contribution in [0.2, 0.25) is 0 Å². The van der Waals surface area contributed by atoms with Gasteiger partial charge in [-0.2, -0.15) is 0 Å². The van der Waals surface area contributed by atoms with Gasteiger partial charge in [-0.25, -0.2) is 4.79 Å². The Bertz CT molecular complexity index is 947. The number of nitrogens with zero attached hydrogens (tertiary/aromatic N) is 3. The molecule has 0 saturated carbocycles. The molecule has 1 aromatic carbocycles. The molecule has 1 unspecified atom stereocenters. The van der Waals surface area contributed by atoms with Crippen LogP contribution in [-0.4, -0.2) is 79.1 Å². The lowest BCUT2D eigenvalue weighted by Gasteiger charge is -2.39. The van der Waals surface area contributed by atoms with E-state index in [1.54, 1.807) is 11.0 Å². The van der Waals surface area contributed by atoms with E-state index in [0.29, 0.717) is 37.9 Å². The molecule has 8 nitrogen and oxygen atoms in total. The fraction of sp³-hybridized carbons (Fsp3) is 0.654. The Labute approximate surface area is 204 Å². The molecule has 0 bridgehead atoms. The van der Waals surface area contributed by atoms with E-state index < -0.39 is 5.60 Å². The average molecular weight is 472 g/mol. The van der Waals surface area contributed by atoms with E-state index in [1.807, 2.05) is 32.9 Å². The van der Waals surface area contributed by atoms with Crippen molar-refractivity contribution in [3.8, 4) is 0 Å². The quantitative estimate of drug-likeness (QED) is 0.680. The lowest BCUT2D eigenvalue weighted by atomic mass is 9.90. The maximum absolute atomic E-state index is 12.3. The van der Waals surface area contributed by atoms with Crippen LogP contribution in [-0.2, 0) is 14.3 Å².